The van der Waals surface area contributed by atoms with Crippen LogP contribution >= 0.6 is 0 Å². The molecule has 1 heterocycles. The predicted octanol–water partition coefficient (Wildman–Crippen LogP) is 0.122. The van der Waals surface area contributed by atoms with Gasteiger partial charge in [-0.25, -0.2) is 0 Å². The zero-order valence-corrected chi connectivity index (χ0v) is 10.0. The van der Waals surface area contributed by atoms with Gasteiger partial charge in [0, 0.05) is 29.6 Å². The van der Waals surface area contributed by atoms with Gasteiger partial charge in [-0.1, -0.05) is 0 Å². The Bertz CT molecular complexity index is 193. The summed E-state index contributed by atoms with van der Waals surface area (Å²) in [4.78, 5) is 22.1. The van der Waals surface area contributed by atoms with Crippen LogP contribution in [0.4, 0.5) is 0 Å². The zero-order valence-electron chi connectivity index (χ0n) is 8.04. The molecule has 1 aliphatic heterocycles. The molecule has 1 radical (unpaired) electrons. The second-order valence-corrected chi connectivity index (χ2v) is 2.61. The molecule has 69 valence electrons. The predicted molar refractivity (Wildman–Crippen MR) is 46.1 cm³/mol. The van der Waals surface area contributed by atoms with Crippen molar-refractivity contribution in [3.8, 4) is 0 Å². The maximum atomic E-state index is 11.1. The van der Waals surface area contributed by atoms with E-state index >= 15 is 0 Å². The monoisotopic (exact) mass is 195 g/mol. The van der Waals surface area contributed by atoms with Crippen molar-refractivity contribution < 1.29 is 19.1 Å². The summed E-state index contributed by atoms with van der Waals surface area (Å²) in [6, 6.07) is 0. The van der Waals surface area contributed by atoms with E-state index in [9.17, 15) is 9.59 Å². The van der Waals surface area contributed by atoms with E-state index in [2.05, 4.69) is 0 Å². The van der Waals surface area contributed by atoms with E-state index < -0.39 is 17.9 Å². The molecule has 1 unspecified atom stereocenters. The Kier molecular flexibility index (Phi) is 6.37. The maximum Gasteiger partial charge on any atom is 0.320 e. The fraction of sp³-hybridized carbons (Fsp3) is 0.750. The summed E-state index contributed by atoms with van der Waals surface area (Å²) in [5.41, 5.74) is 0. The van der Waals surface area contributed by atoms with Gasteiger partial charge in [0.2, 0.25) is 0 Å². The number of hydrogen-bond donors (Lipinski definition) is 0. The number of esters is 2. The molecule has 0 spiro atoms. The standard InChI is InChI=1S/C8H12O4.Na/c1-2-11-7(9)6-4-3-5-12-8(6)10;/h6H,2-5H2,1H3;. The Morgan fingerprint density at radius 1 is 1.69 bits per heavy atom. The molecule has 0 saturated carbocycles. The Balaban J connectivity index is 0.00000144. The summed E-state index contributed by atoms with van der Waals surface area (Å²) < 4.78 is 9.43. The molecule has 0 amide bonds. The van der Waals surface area contributed by atoms with E-state index in [0.717, 1.165) is 6.42 Å². The molecule has 0 aromatic carbocycles. The van der Waals surface area contributed by atoms with Crippen LogP contribution in [0.1, 0.15) is 19.8 Å². The van der Waals surface area contributed by atoms with Crippen molar-refractivity contribution in [2.45, 2.75) is 19.8 Å². The van der Waals surface area contributed by atoms with E-state index in [1.54, 1.807) is 6.92 Å². The average molecular weight is 195 g/mol. The van der Waals surface area contributed by atoms with Gasteiger partial charge < -0.3 is 9.47 Å². The Morgan fingerprint density at radius 2 is 2.38 bits per heavy atom. The minimum Gasteiger partial charge on any atom is -0.465 e. The first-order chi connectivity index (χ1) is 5.75. The second kappa shape index (κ2) is 6.40. The number of rotatable bonds is 2. The molecule has 1 saturated heterocycles. The molecule has 1 aliphatic rings. The van der Waals surface area contributed by atoms with Crippen LogP contribution < -0.4 is 0 Å². The van der Waals surface area contributed by atoms with Crippen LogP contribution in [-0.2, 0) is 19.1 Å². The normalized spacial score (nSPS) is 21.3. The van der Waals surface area contributed by atoms with Gasteiger partial charge >= 0.3 is 11.9 Å². The number of hydrogen-bond acceptors (Lipinski definition) is 4. The summed E-state index contributed by atoms with van der Waals surface area (Å²) in [6.07, 6.45) is 1.30. The molecule has 0 N–H and O–H groups in total. The van der Waals surface area contributed by atoms with Gasteiger partial charge in [-0.3, -0.25) is 9.59 Å². The third-order valence-electron chi connectivity index (χ3n) is 1.74. The third kappa shape index (κ3) is 3.67. The molecule has 0 aromatic rings. The molecule has 1 fully saturated rings. The quantitative estimate of drug-likeness (QED) is 0.357. The van der Waals surface area contributed by atoms with E-state index in [1.807, 2.05) is 0 Å². The fourth-order valence-corrected chi connectivity index (χ4v) is 1.14. The van der Waals surface area contributed by atoms with Crippen molar-refractivity contribution in [3.63, 3.8) is 0 Å². The van der Waals surface area contributed by atoms with Crippen LogP contribution in [0.3, 0.4) is 0 Å². The van der Waals surface area contributed by atoms with Gasteiger partial charge in [-0.2, -0.15) is 0 Å². The van der Waals surface area contributed by atoms with E-state index in [0.29, 0.717) is 19.6 Å². The van der Waals surface area contributed by atoms with Crippen LogP contribution in [0.25, 0.3) is 0 Å². The third-order valence-corrected chi connectivity index (χ3v) is 1.74. The summed E-state index contributed by atoms with van der Waals surface area (Å²) in [6.45, 7) is 2.45. The van der Waals surface area contributed by atoms with Crippen LogP contribution in [0.5, 0.6) is 0 Å². The van der Waals surface area contributed by atoms with Gasteiger partial charge in [-0.15, -0.1) is 0 Å². The first kappa shape index (κ1) is 12.9. The molecule has 1 rings (SSSR count). The minimum absolute atomic E-state index is 0. The number of carbonyl (C=O) groups excluding carboxylic acids is 2. The molecule has 1 atom stereocenters. The summed E-state index contributed by atoms with van der Waals surface area (Å²) in [7, 11) is 0. The maximum absolute atomic E-state index is 11.1. The van der Waals surface area contributed by atoms with Crippen molar-refractivity contribution in [2.75, 3.05) is 13.2 Å². The molecule has 0 bridgehead atoms. The van der Waals surface area contributed by atoms with Gasteiger partial charge in [-0.05, 0) is 19.8 Å². The Hall–Kier alpha value is -0.0600. The van der Waals surface area contributed by atoms with Crippen molar-refractivity contribution >= 4 is 41.5 Å². The SMILES string of the molecule is CCOC(=O)C1CCCOC1=O.[Na]. The first-order valence-corrected chi connectivity index (χ1v) is 4.09. The van der Waals surface area contributed by atoms with Gasteiger partial charge in [0.1, 0.15) is 0 Å². The number of carbonyl (C=O) groups is 2. The smallest absolute Gasteiger partial charge is 0.320 e. The molecular weight excluding hydrogens is 183 g/mol. The Morgan fingerprint density at radius 3 is 2.92 bits per heavy atom. The molecular formula is C8H12NaO4. The van der Waals surface area contributed by atoms with Gasteiger partial charge in [0.25, 0.3) is 0 Å². The van der Waals surface area contributed by atoms with Crippen molar-refractivity contribution in [1.82, 2.24) is 0 Å². The molecule has 4 nitrogen and oxygen atoms in total. The first-order valence-electron chi connectivity index (χ1n) is 4.09. The van der Waals surface area contributed by atoms with Crippen LogP contribution in [0.15, 0.2) is 0 Å². The van der Waals surface area contributed by atoms with Crippen LogP contribution in [-0.4, -0.2) is 54.7 Å². The summed E-state index contributed by atoms with van der Waals surface area (Å²) >= 11 is 0. The summed E-state index contributed by atoms with van der Waals surface area (Å²) in [5, 5.41) is 0. The molecule has 0 aliphatic carbocycles. The molecule has 5 heteroatoms. The molecule has 0 aromatic heterocycles. The fourth-order valence-electron chi connectivity index (χ4n) is 1.14. The second-order valence-electron chi connectivity index (χ2n) is 2.61. The van der Waals surface area contributed by atoms with Gasteiger partial charge in [0.05, 0.1) is 13.2 Å². The largest absolute Gasteiger partial charge is 0.465 e. The molecule has 13 heavy (non-hydrogen) atoms. The number of ether oxygens (including phenoxy) is 2. The average Bonchev–Trinajstić information content (AvgIpc) is 2.05. The zero-order chi connectivity index (χ0) is 8.97. The van der Waals surface area contributed by atoms with Crippen molar-refractivity contribution in [1.29, 1.82) is 0 Å². The van der Waals surface area contributed by atoms with E-state index in [1.165, 1.54) is 0 Å². The van der Waals surface area contributed by atoms with Crippen molar-refractivity contribution in [3.05, 3.63) is 0 Å². The van der Waals surface area contributed by atoms with E-state index in [-0.39, 0.29) is 29.6 Å². The number of cyclic esters (lactones) is 1. The van der Waals surface area contributed by atoms with Crippen LogP contribution in [0.2, 0.25) is 0 Å². The van der Waals surface area contributed by atoms with Gasteiger partial charge in [0.15, 0.2) is 5.92 Å². The topological polar surface area (TPSA) is 52.6 Å². The van der Waals surface area contributed by atoms with Crippen LogP contribution in [0, 0.1) is 5.92 Å². The Labute approximate surface area is 99.3 Å². The van der Waals surface area contributed by atoms with Crippen molar-refractivity contribution in [2.24, 2.45) is 5.92 Å². The minimum atomic E-state index is -0.682. The van der Waals surface area contributed by atoms with E-state index in [4.69, 9.17) is 9.47 Å². The summed E-state index contributed by atoms with van der Waals surface area (Å²) in [5.74, 6) is -1.58.